The van der Waals surface area contributed by atoms with Gasteiger partial charge < -0.3 is 21.1 Å². The predicted octanol–water partition coefficient (Wildman–Crippen LogP) is 6.16. The minimum absolute atomic E-state index is 0.0516. The smallest absolute Gasteiger partial charge is 0.125 e. The van der Waals surface area contributed by atoms with E-state index in [4.69, 9.17) is 5.11 Å². The monoisotopic (exact) mass is 523 g/mol. The van der Waals surface area contributed by atoms with Crippen LogP contribution in [0.2, 0.25) is 0 Å². The third-order valence-corrected chi connectivity index (χ3v) is 6.04. The maximum atomic E-state index is 13.3. The van der Waals surface area contributed by atoms with E-state index < -0.39 is 0 Å². The van der Waals surface area contributed by atoms with Gasteiger partial charge in [-0.15, -0.1) is 0 Å². The van der Waals surface area contributed by atoms with Gasteiger partial charge in [0.15, 0.2) is 0 Å². The molecule has 0 fully saturated rings. The number of anilines is 1. The van der Waals surface area contributed by atoms with E-state index in [0.717, 1.165) is 39.3 Å². The minimum Gasteiger partial charge on any atom is -0.395 e. The average molecular weight is 524 g/mol. The van der Waals surface area contributed by atoms with Crippen molar-refractivity contribution < 1.29 is 9.50 Å². The number of pyridine rings is 1. The van der Waals surface area contributed by atoms with Gasteiger partial charge in [-0.25, -0.2) is 9.37 Å². The summed E-state index contributed by atoms with van der Waals surface area (Å²) in [5.41, 5.74) is 6.14. The first-order chi connectivity index (χ1) is 18.9. The average Bonchev–Trinajstić information content (AvgIpc) is 2.95. The number of rotatable bonds is 14. The van der Waals surface area contributed by atoms with Crippen molar-refractivity contribution in [1.29, 1.82) is 5.26 Å². The lowest BCUT2D eigenvalue weighted by Crippen LogP contribution is -2.22. The Kier molecular flexibility index (Phi) is 11.0. The number of aliphatic hydroxyl groups is 1. The number of halogens is 1. The first-order valence-corrected chi connectivity index (χ1v) is 12.7. The molecule has 0 radical (unpaired) electrons. The maximum absolute atomic E-state index is 13.3. The first kappa shape index (κ1) is 28.9. The van der Waals surface area contributed by atoms with Crippen LogP contribution < -0.4 is 16.0 Å². The molecule has 1 unspecified atom stereocenters. The van der Waals surface area contributed by atoms with Crippen LogP contribution in [0.5, 0.6) is 0 Å². The molecule has 0 bridgehead atoms. The van der Waals surface area contributed by atoms with Crippen molar-refractivity contribution in [2.45, 2.75) is 25.9 Å². The fourth-order valence-corrected chi connectivity index (χ4v) is 3.93. The molecule has 0 amide bonds. The number of aliphatic hydroxyl groups excluding tert-OH is 1. The summed E-state index contributed by atoms with van der Waals surface area (Å²) in [5, 5.41) is 28.3. The van der Waals surface area contributed by atoms with Crippen molar-refractivity contribution in [3.63, 3.8) is 0 Å². The number of hydrogen-bond donors (Lipinski definition) is 4. The number of benzene rings is 2. The molecule has 0 saturated heterocycles. The maximum Gasteiger partial charge on any atom is 0.125 e. The summed E-state index contributed by atoms with van der Waals surface area (Å²) in [5.74, 6) is 0.434. The molecule has 2 aromatic carbocycles. The number of nitrogens with zero attached hydrogens (tertiary/aromatic N) is 2. The highest BCUT2D eigenvalue weighted by Gasteiger charge is 2.12. The largest absolute Gasteiger partial charge is 0.395 e. The van der Waals surface area contributed by atoms with E-state index in [1.165, 1.54) is 12.1 Å². The molecule has 1 aromatic heterocycles. The molecular weight excluding hydrogens is 489 g/mol. The normalized spacial score (nSPS) is 12.3. The van der Waals surface area contributed by atoms with E-state index >= 15 is 0 Å². The third-order valence-electron chi connectivity index (χ3n) is 6.04. The Hall–Kier alpha value is -4.67. The van der Waals surface area contributed by atoms with Gasteiger partial charge in [-0.1, -0.05) is 67.8 Å². The molecule has 7 heteroatoms. The Balaban J connectivity index is 1.74. The van der Waals surface area contributed by atoms with Gasteiger partial charge >= 0.3 is 0 Å². The van der Waals surface area contributed by atoms with E-state index in [0.29, 0.717) is 18.8 Å². The molecule has 6 nitrogen and oxygen atoms in total. The fourth-order valence-electron chi connectivity index (χ4n) is 3.93. The summed E-state index contributed by atoms with van der Waals surface area (Å²) in [4.78, 5) is 4.38. The summed E-state index contributed by atoms with van der Waals surface area (Å²) in [6, 6.07) is 20.5. The van der Waals surface area contributed by atoms with Crippen LogP contribution >= 0.6 is 0 Å². The van der Waals surface area contributed by atoms with E-state index in [-0.39, 0.29) is 24.9 Å². The molecular formula is C32H34FN5O. The number of hydrogen-bond acceptors (Lipinski definition) is 6. The second kappa shape index (κ2) is 14.9. The molecule has 1 atom stereocenters. The zero-order chi connectivity index (χ0) is 28.0. The van der Waals surface area contributed by atoms with Gasteiger partial charge in [0.25, 0.3) is 0 Å². The topological polar surface area (TPSA) is 93.0 Å². The van der Waals surface area contributed by atoms with Crippen molar-refractivity contribution in [2.24, 2.45) is 0 Å². The second-order valence-corrected chi connectivity index (χ2v) is 8.85. The highest BCUT2D eigenvalue weighted by atomic mass is 19.1. The Morgan fingerprint density at radius 2 is 1.82 bits per heavy atom. The highest BCUT2D eigenvalue weighted by molar-refractivity contribution is 5.64. The van der Waals surface area contributed by atoms with Gasteiger partial charge in [-0.05, 0) is 47.9 Å². The minimum atomic E-state index is -0.283. The Morgan fingerprint density at radius 3 is 2.44 bits per heavy atom. The van der Waals surface area contributed by atoms with Crippen LogP contribution in [-0.4, -0.2) is 23.2 Å². The standard InChI is InChI=1S/C32H34FN5O/c1-4-5-6-30(24(3)38-23(2)26-11-14-29(33)15-12-26)31(17-18-34)36-21-25-7-9-27(10-8-25)28-13-16-32(37-22-28)35-19-20-39/h4-16,22-23,36,38-39H,1,3,17,19-21H2,2H3,(H,35,37)/b6-5-,31-30-. The molecule has 0 aliphatic heterocycles. The number of nitrogens with one attached hydrogen (secondary N) is 3. The molecule has 0 aliphatic carbocycles. The molecule has 39 heavy (non-hydrogen) atoms. The molecule has 3 aromatic rings. The number of allylic oxidation sites excluding steroid dienone is 4. The Morgan fingerprint density at radius 1 is 1.10 bits per heavy atom. The third kappa shape index (κ3) is 8.70. The lowest BCUT2D eigenvalue weighted by molar-refractivity contribution is 0.311. The van der Waals surface area contributed by atoms with Crippen LogP contribution in [0, 0.1) is 17.1 Å². The van der Waals surface area contributed by atoms with E-state index in [1.54, 1.807) is 30.5 Å². The van der Waals surface area contributed by atoms with Crippen LogP contribution in [0.3, 0.4) is 0 Å². The van der Waals surface area contributed by atoms with Gasteiger partial charge in [0.05, 0.1) is 19.1 Å². The quantitative estimate of drug-likeness (QED) is 0.189. The summed E-state index contributed by atoms with van der Waals surface area (Å²) in [6.07, 6.45) is 7.31. The van der Waals surface area contributed by atoms with Gasteiger partial charge in [0.2, 0.25) is 0 Å². The lowest BCUT2D eigenvalue weighted by atomic mass is 10.0. The SMILES string of the molecule is C=C/C=C\C(C(=C)NC(C)c1ccc(F)cc1)=C(/CC#N)NCc1ccc(-c2ccc(NCCO)nc2)cc1. The van der Waals surface area contributed by atoms with E-state index in [1.807, 2.05) is 49.4 Å². The Bertz CT molecular complexity index is 1340. The molecule has 0 saturated carbocycles. The van der Waals surface area contributed by atoms with Gasteiger partial charge in [0, 0.05) is 47.9 Å². The summed E-state index contributed by atoms with van der Waals surface area (Å²) < 4.78 is 13.3. The molecule has 1 heterocycles. The predicted molar refractivity (Wildman–Crippen MR) is 156 cm³/mol. The molecule has 0 aliphatic rings. The van der Waals surface area contributed by atoms with Gasteiger partial charge in [-0.3, -0.25) is 0 Å². The van der Waals surface area contributed by atoms with Crippen molar-refractivity contribution in [3.05, 3.63) is 132 Å². The van der Waals surface area contributed by atoms with E-state index in [9.17, 15) is 9.65 Å². The molecule has 200 valence electrons. The zero-order valence-electron chi connectivity index (χ0n) is 22.1. The molecule has 0 spiro atoms. The first-order valence-electron chi connectivity index (χ1n) is 12.7. The summed E-state index contributed by atoms with van der Waals surface area (Å²) >= 11 is 0. The lowest BCUT2D eigenvalue weighted by Gasteiger charge is -2.21. The summed E-state index contributed by atoms with van der Waals surface area (Å²) in [6.45, 7) is 11.0. The van der Waals surface area contributed by atoms with Crippen LogP contribution in [0.4, 0.5) is 10.2 Å². The number of aromatic nitrogens is 1. The van der Waals surface area contributed by atoms with Crippen LogP contribution in [0.25, 0.3) is 11.1 Å². The Labute approximate surface area is 229 Å². The van der Waals surface area contributed by atoms with Crippen molar-refractivity contribution in [2.75, 3.05) is 18.5 Å². The van der Waals surface area contributed by atoms with Crippen molar-refractivity contribution in [1.82, 2.24) is 15.6 Å². The zero-order valence-corrected chi connectivity index (χ0v) is 22.1. The van der Waals surface area contributed by atoms with Crippen molar-refractivity contribution in [3.8, 4) is 17.2 Å². The van der Waals surface area contributed by atoms with Gasteiger partial charge in [0.1, 0.15) is 11.6 Å². The molecule has 4 N–H and O–H groups in total. The second-order valence-electron chi connectivity index (χ2n) is 8.85. The highest BCUT2D eigenvalue weighted by Crippen LogP contribution is 2.22. The van der Waals surface area contributed by atoms with Crippen LogP contribution in [0.1, 0.15) is 30.5 Å². The van der Waals surface area contributed by atoms with Crippen molar-refractivity contribution >= 4 is 5.82 Å². The van der Waals surface area contributed by atoms with Gasteiger partial charge in [-0.2, -0.15) is 5.26 Å². The van der Waals surface area contributed by atoms with Crippen LogP contribution in [-0.2, 0) is 6.54 Å². The fraction of sp³-hybridized carbons (Fsp3) is 0.188. The summed E-state index contributed by atoms with van der Waals surface area (Å²) in [7, 11) is 0. The number of nitriles is 1. The molecule has 3 rings (SSSR count). The van der Waals surface area contributed by atoms with E-state index in [2.05, 4.69) is 40.2 Å². The van der Waals surface area contributed by atoms with Crippen LogP contribution in [0.15, 0.2) is 115 Å².